The maximum absolute atomic E-state index is 12.5. The van der Waals surface area contributed by atoms with E-state index in [9.17, 15) is 69.6 Å². The van der Waals surface area contributed by atoms with Crippen LogP contribution in [0.3, 0.4) is 0 Å². The Bertz CT molecular complexity index is 2560. The van der Waals surface area contributed by atoms with Crippen molar-refractivity contribution in [1.29, 1.82) is 0 Å². The lowest BCUT2D eigenvalue weighted by molar-refractivity contribution is -0.120. The first-order valence-corrected chi connectivity index (χ1v) is 35.1. The number of ketones is 1. The van der Waals surface area contributed by atoms with Crippen LogP contribution in [0.1, 0.15) is 80.8 Å². The molecule has 0 aromatic carbocycles. The zero-order chi connectivity index (χ0) is 56.0. The number of rotatable bonds is 17. The second kappa shape index (κ2) is 27.1. The third-order valence-corrected chi connectivity index (χ3v) is 19.1. The van der Waals surface area contributed by atoms with E-state index < -0.39 is 72.4 Å². The Kier molecular flexibility index (Phi) is 23.7. The molecule has 0 N–H and O–H groups in total. The van der Waals surface area contributed by atoms with Crippen molar-refractivity contribution >= 4 is 69.5 Å². The van der Waals surface area contributed by atoms with Gasteiger partial charge in [0.05, 0.1) is 17.4 Å². The smallest absolute Gasteiger partial charge is 0.381 e. The minimum Gasteiger partial charge on any atom is -0.381 e. The number of halogens is 10. The number of pyridine rings is 1. The number of ether oxygens (including phenoxy) is 3. The van der Waals surface area contributed by atoms with Crippen molar-refractivity contribution in [2.75, 3.05) is 30.1 Å². The summed E-state index contributed by atoms with van der Waals surface area (Å²) in [6, 6.07) is 3.19. The van der Waals surface area contributed by atoms with Crippen molar-refractivity contribution in [2.45, 2.75) is 151 Å². The molecule has 1 saturated carbocycles. The first-order valence-electron chi connectivity index (χ1n) is 23.0. The summed E-state index contributed by atoms with van der Waals surface area (Å²) in [5.41, 5.74) is -15.8. The van der Waals surface area contributed by atoms with Gasteiger partial charge in [-0.05, 0) is 91.8 Å². The highest BCUT2D eigenvalue weighted by molar-refractivity contribution is 8.11. The number of alkyl halides is 9. The second-order valence-electron chi connectivity index (χ2n) is 19.5. The maximum Gasteiger partial charge on any atom is 0.534 e. The zero-order valence-electron chi connectivity index (χ0n) is 41.5. The van der Waals surface area contributed by atoms with E-state index in [1.165, 1.54) is 30.5 Å². The van der Waals surface area contributed by atoms with Crippen LogP contribution in [-0.2, 0) is 66.8 Å². The van der Waals surface area contributed by atoms with Crippen molar-refractivity contribution in [3.05, 3.63) is 71.1 Å². The summed E-state index contributed by atoms with van der Waals surface area (Å²) in [5, 5.41) is 8.32. The highest BCUT2D eigenvalue weighted by Gasteiger charge is 2.62. The largest absolute Gasteiger partial charge is 0.534 e. The van der Waals surface area contributed by atoms with Gasteiger partial charge in [0.2, 0.25) is 0 Å². The van der Waals surface area contributed by atoms with Crippen LogP contribution in [0.25, 0.3) is 0 Å². The number of hydrogen-bond donors (Lipinski definition) is 0. The standard InChI is InChI=1S/C16H25F3N2O4SSi.C15H26N2O2Si.C7H3ClF6N2O4S2.C4H8O/c1-27(2,3)9-8-24-12-21-11-14(10-20-21)13-4-6-15(7-5-13)25-26(22,23)16(17,18)19;1-20(2,3)9-8-19-12-17-11-14(10-16-17)13-4-6-15(18)7-5-13;8-4-1-2-5(15-3-4)16(21(17,18)6(9,10)11)22(19,20)7(12,13)14;1-2-4-5-3-1/h6,10-11,13H,4-5,7-9,12H2,1-3H3;10-11,13H,4-9,12H2,1-3H3;1-3H;1-4H2. The summed E-state index contributed by atoms with van der Waals surface area (Å²) in [5.74, 6) is -0.835. The van der Waals surface area contributed by atoms with Gasteiger partial charge in [-0.3, -0.25) is 4.79 Å². The Morgan fingerprint density at radius 1 is 0.689 bits per heavy atom. The van der Waals surface area contributed by atoms with Gasteiger partial charge in [0.1, 0.15) is 25.0 Å². The first-order chi connectivity index (χ1) is 33.9. The van der Waals surface area contributed by atoms with Crippen LogP contribution < -0.4 is 3.71 Å². The van der Waals surface area contributed by atoms with Crippen LogP contribution in [0, 0.1) is 0 Å². The Balaban J connectivity index is 0.000000281. The predicted molar refractivity (Wildman–Crippen MR) is 261 cm³/mol. The minimum absolute atomic E-state index is 0.0571. The lowest BCUT2D eigenvalue weighted by Crippen LogP contribution is -2.49. The van der Waals surface area contributed by atoms with Gasteiger partial charge in [0.25, 0.3) is 0 Å². The van der Waals surface area contributed by atoms with Gasteiger partial charge in [-0.1, -0.05) is 50.9 Å². The van der Waals surface area contributed by atoms with Crippen LogP contribution in [0.5, 0.6) is 0 Å². The number of nitrogens with zero attached hydrogens (tertiary/aromatic N) is 6. The number of sulfonamides is 2. The van der Waals surface area contributed by atoms with E-state index in [0.717, 1.165) is 57.1 Å². The molecule has 4 heterocycles. The molecule has 3 aliphatic rings. The Labute approximate surface area is 432 Å². The summed E-state index contributed by atoms with van der Waals surface area (Å²) in [6.07, 6.45) is 16.4. The van der Waals surface area contributed by atoms with E-state index in [2.05, 4.69) is 64.8 Å². The average molecular weight is 1190 g/mol. The molecule has 2 aliphatic carbocycles. The Morgan fingerprint density at radius 3 is 1.51 bits per heavy atom. The monoisotopic (exact) mass is 1180 g/mol. The fourth-order valence-corrected chi connectivity index (χ4v) is 11.4. The summed E-state index contributed by atoms with van der Waals surface area (Å²) >= 11 is 5.30. The second-order valence-corrected chi connectivity index (χ2v) is 36.5. The van der Waals surface area contributed by atoms with Crippen LogP contribution in [0.4, 0.5) is 45.3 Å². The van der Waals surface area contributed by atoms with E-state index in [-0.39, 0.29) is 29.2 Å². The minimum atomic E-state index is -6.93. The van der Waals surface area contributed by atoms with Gasteiger partial charge in [-0.2, -0.15) is 75.0 Å². The van der Waals surface area contributed by atoms with E-state index in [4.69, 9.17) is 25.8 Å². The van der Waals surface area contributed by atoms with Gasteiger partial charge in [-0.15, -0.1) is 3.71 Å². The molecule has 2 fully saturated rings. The zero-order valence-corrected chi connectivity index (χ0v) is 46.7. The van der Waals surface area contributed by atoms with E-state index in [1.54, 1.807) is 10.9 Å². The van der Waals surface area contributed by atoms with Gasteiger partial charge in [0.15, 0.2) is 5.82 Å². The van der Waals surface area contributed by atoms with Crippen LogP contribution >= 0.6 is 11.6 Å². The fraction of sp³-hybridized carbons (Fsp3) is 0.667. The van der Waals surface area contributed by atoms with Crippen LogP contribution in [0.15, 0.2) is 55.0 Å². The molecule has 1 saturated heterocycles. The Hall–Kier alpha value is -3.60. The quantitative estimate of drug-likeness (QED) is 0.0405. The van der Waals surface area contributed by atoms with Crippen molar-refractivity contribution in [3.8, 4) is 0 Å². The van der Waals surface area contributed by atoms with Gasteiger partial charge < -0.3 is 18.4 Å². The van der Waals surface area contributed by atoms with Crippen molar-refractivity contribution in [3.63, 3.8) is 0 Å². The summed E-state index contributed by atoms with van der Waals surface area (Å²) in [6.45, 7) is 18.3. The lowest BCUT2D eigenvalue weighted by Gasteiger charge is -2.24. The summed E-state index contributed by atoms with van der Waals surface area (Å²) < 4.78 is 201. The number of hydrogen-bond acceptors (Lipinski definition) is 14. The molecule has 32 heteroatoms. The van der Waals surface area contributed by atoms with Crippen molar-refractivity contribution in [2.24, 2.45) is 0 Å². The van der Waals surface area contributed by atoms with Gasteiger partial charge in [0, 0.05) is 80.4 Å². The highest BCUT2D eigenvalue weighted by atomic mass is 35.5. The number of allylic oxidation sites excluding steroid dienone is 2. The molecule has 3 aromatic rings. The topological polar surface area (TPSA) is 208 Å². The molecule has 1 atom stereocenters. The third-order valence-electron chi connectivity index (χ3n) is 10.8. The predicted octanol–water partition coefficient (Wildman–Crippen LogP) is 10.7. The van der Waals surface area contributed by atoms with Crippen molar-refractivity contribution < 1.29 is 88.0 Å². The van der Waals surface area contributed by atoms with E-state index in [1.807, 2.05) is 17.1 Å². The molecule has 3 aromatic heterocycles. The maximum atomic E-state index is 12.5. The molecular formula is C42H62ClF9N6O11S3Si2. The fourth-order valence-electron chi connectivity index (χ4n) is 6.59. The first kappa shape index (κ1) is 64.7. The number of carbonyl (C=O) groups is 1. The molecule has 0 spiro atoms. The molecule has 0 bridgehead atoms. The normalized spacial score (nSPS) is 17.5. The molecule has 0 amide bonds. The molecule has 17 nitrogen and oxygen atoms in total. The molecule has 1 aliphatic heterocycles. The average Bonchev–Trinajstić information content (AvgIpc) is 4.10. The van der Waals surface area contributed by atoms with Crippen LogP contribution in [-0.4, -0.2) is 115 Å². The molecule has 0 radical (unpaired) electrons. The highest BCUT2D eigenvalue weighted by Crippen LogP contribution is 2.39. The lowest BCUT2D eigenvalue weighted by atomic mass is 9.85. The molecule has 6 rings (SSSR count). The van der Waals surface area contributed by atoms with Gasteiger partial charge >= 0.3 is 46.7 Å². The van der Waals surface area contributed by atoms with E-state index in [0.29, 0.717) is 56.9 Å². The van der Waals surface area contributed by atoms with Crippen LogP contribution in [0.2, 0.25) is 56.4 Å². The molecule has 74 heavy (non-hydrogen) atoms. The SMILES string of the molecule is C1CCOC1.C[Si](C)(C)CCOCn1cc(C2CC=C(OS(=O)(=O)C(F)(F)F)CC2)cn1.C[Si](C)(C)CCOCn1cc(C2CCC(=O)CC2)cn1.O=S(=O)(N(c1ccc(Cl)cn1)S(=O)(=O)C(F)(F)F)C(F)(F)F. The summed E-state index contributed by atoms with van der Waals surface area (Å²) in [7, 11) is -21.6. The molecule has 1 unspecified atom stereocenters. The molecule has 422 valence electrons. The number of anilines is 1. The molecular weight excluding hydrogens is 1120 g/mol. The Morgan fingerprint density at radius 2 is 1.15 bits per heavy atom. The van der Waals surface area contributed by atoms with E-state index >= 15 is 0 Å². The number of carbonyl (C=O) groups excluding carboxylic acids is 1. The summed E-state index contributed by atoms with van der Waals surface area (Å²) in [4.78, 5) is 14.1. The van der Waals surface area contributed by atoms with Crippen molar-refractivity contribution in [1.82, 2.24) is 24.5 Å². The number of Topliss-reactive ketones (excluding diaryl/α,β-unsaturated/α-hetero) is 1. The third kappa shape index (κ3) is 21.1. The number of aromatic nitrogens is 5. The van der Waals surface area contributed by atoms with Gasteiger partial charge in [-0.25, -0.2) is 14.3 Å².